The van der Waals surface area contributed by atoms with Crippen LogP contribution in [0.2, 0.25) is 0 Å². The average Bonchev–Trinajstić information content (AvgIpc) is 3.34. The molecule has 0 spiro atoms. The van der Waals surface area contributed by atoms with Crippen LogP contribution in [0.5, 0.6) is 5.75 Å². The minimum absolute atomic E-state index is 0.108. The molecule has 1 saturated heterocycles. The first-order valence-electron chi connectivity index (χ1n) is 8.95. The third kappa shape index (κ3) is 5.57. The van der Waals surface area contributed by atoms with Crippen LogP contribution in [0.15, 0.2) is 42.7 Å². The molecule has 140 valence electrons. The number of hydrogen-bond donors (Lipinski definition) is 1. The van der Waals surface area contributed by atoms with Gasteiger partial charge in [-0.2, -0.15) is 5.10 Å². The van der Waals surface area contributed by atoms with Crippen molar-refractivity contribution in [2.45, 2.75) is 38.5 Å². The summed E-state index contributed by atoms with van der Waals surface area (Å²) in [6, 6.07) is 9.20. The lowest BCUT2D eigenvalue weighted by molar-refractivity contribution is -0.128. The zero-order chi connectivity index (χ0) is 18.2. The number of carbonyl (C=O) groups excluding carboxylic acids is 1. The van der Waals surface area contributed by atoms with Crippen molar-refractivity contribution in [3.8, 4) is 5.75 Å². The van der Waals surface area contributed by atoms with Gasteiger partial charge in [-0.1, -0.05) is 6.07 Å². The summed E-state index contributed by atoms with van der Waals surface area (Å²) in [6.45, 7) is 4.14. The molecule has 7 nitrogen and oxygen atoms in total. The summed E-state index contributed by atoms with van der Waals surface area (Å²) < 4.78 is 18.6. The van der Waals surface area contributed by atoms with Gasteiger partial charge in [0.1, 0.15) is 18.5 Å². The van der Waals surface area contributed by atoms with Crippen LogP contribution in [0.3, 0.4) is 0 Å². The molecule has 3 rings (SSSR count). The molecule has 1 aromatic heterocycles. The first-order chi connectivity index (χ1) is 12.7. The van der Waals surface area contributed by atoms with E-state index in [1.807, 2.05) is 30.5 Å². The van der Waals surface area contributed by atoms with Crippen molar-refractivity contribution >= 4 is 11.6 Å². The molecule has 0 bridgehead atoms. The molecule has 0 radical (unpaired) electrons. The maximum atomic E-state index is 12.3. The molecule has 2 atom stereocenters. The second-order valence-electron chi connectivity index (χ2n) is 6.25. The van der Waals surface area contributed by atoms with E-state index >= 15 is 0 Å². The summed E-state index contributed by atoms with van der Waals surface area (Å²) in [4.78, 5) is 12.3. The number of aromatic nitrogens is 2. The molecule has 2 heterocycles. The second kappa shape index (κ2) is 9.35. The zero-order valence-corrected chi connectivity index (χ0v) is 15.0. The molecule has 1 fully saturated rings. The summed E-state index contributed by atoms with van der Waals surface area (Å²) in [5, 5.41) is 6.99. The van der Waals surface area contributed by atoms with Crippen molar-refractivity contribution in [2.75, 3.05) is 25.1 Å². The summed E-state index contributed by atoms with van der Waals surface area (Å²) in [7, 11) is 0. The Kier molecular flexibility index (Phi) is 6.62. The molecule has 0 aliphatic carbocycles. The predicted octanol–water partition coefficient (Wildman–Crippen LogP) is 2.48. The fourth-order valence-corrected chi connectivity index (χ4v) is 2.70. The highest BCUT2D eigenvalue weighted by atomic mass is 16.5. The van der Waals surface area contributed by atoms with Crippen molar-refractivity contribution in [2.24, 2.45) is 0 Å². The van der Waals surface area contributed by atoms with Crippen LogP contribution in [-0.4, -0.2) is 47.7 Å². The molecule has 1 aromatic carbocycles. The Bertz CT molecular complexity index is 684. The Morgan fingerprint density at radius 1 is 1.46 bits per heavy atom. The summed E-state index contributed by atoms with van der Waals surface area (Å²) >= 11 is 0. The normalized spacial score (nSPS) is 17.8. The van der Waals surface area contributed by atoms with E-state index in [-0.39, 0.29) is 12.0 Å². The maximum absolute atomic E-state index is 12.3. The molecule has 7 heteroatoms. The zero-order valence-electron chi connectivity index (χ0n) is 15.0. The topological polar surface area (TPSA) is 74.6 Å². The van der Waals surface area contributed by atoms with Gasteiger partial charge in [-0.15, -0.1) is 0 Å². The number of hydrogen-bond acceptors (Lipinski definition) is 5. The second-order valence-corrected chi connectivity index (χ2v) is 6.25. The van der Waals surface area contributed by atoms with Crippen LogP contribution in [0.1, 0.15) is 19.8 Å². The predicted molar refractivity (Wildman–Crippen MR) is 97.2 cm³/mol. The van der Waals surface area contributed by atoms with Gasteiger partial charge in [0.15, 0.2) is 0 Å². The molecular formula is C19H25N3O4. The Morgan fingerprint density at radius 2 is 2.38 bits per heavy atom. The Morgan fingerprint density at radius 3 is 3.15 bits per heavy atom. The smallest absolute Gasteiger partial charge is 0.253 e. The van der Waals surface area contributed by atoms with Crippen molar-refractivity contribution in [3.63, 3.8) is 0 Å². The Balaban J connectivity index is 1.43. The molecule has 2 aromatic rings. The van der Waals surface area contributed by atoms with Gasteiger partial charge in [0.2, 0.25) is 0 Å². The molecule has 1 aliphatic rings. The fourth-order valence-electron chi connectivity index (χ4n) is 2.70. The van der Waals surface area contributed by atoms with Gasteiger partial charge in [0.05, 0.1) is 19.3 Å². The van der Waals surface area contributed by atoms with Gasteiger partial charge >= 0.3 is 0 Å². The highest BCUT2D eigenvalue weighted by Crippen LogP contribution is 2.18. The number of ether oxygens (including phenoxy) is 3. The number of nitrogens with one attached hydrogen (secondary N) is 1. The van der Waals surface area contributed by atoms with Gasteiger partial charge in [-0.3, -0.25) is 9.48 Å². The van der Waals surface area contributed by atoms with E-state index in [1.165, 1.54) is 0 Å². The molecule has 0 saturated carbocycles. The average molecular weight is 359 g/mol. The lowest BCUT2D eigenvalue weighted by Crippen LogP contribution is -2.30. The number of benzene rings is 1. The molecule has 26 heavy (non-hydrogen) atoms. The number of anilines is 1. The quantitative estimate of drug-likeness (QED) is 0.744. The highest BCUT2D eigenvalue weighted by molar-refractivity contribution is 5.94. The van der Waals surface area contributed by atoms with E-state index in [2.05, 4.69) is 10.4 Å². The Labute approximate surface area is 153 Å². The van der Waals surface area contributed by atoms with E-state index in [0.717, 1.165) is 19.4 Å². The van der Waals surface area contributed by atoms with Crippen LogP contribution >= 0.6 is 0 Å². The van der Waals surface area contributed by atoms with Crippen molar-refractivity contribution in [1.82, 2.24) is 9.78 Å². The lowest BCUT2D eigenvalue weighted by Gasteiger charge is -2.16. The number of carbonyl (C=O) groups is 1. The van der Waals surface area contributed by atoms with Crippen molar-refractivity contribution in [3.05, 3.63) is 42.7 Å². The molecule has 2 unspecified atom stereocenters. The minimum Gasteiger partial charge on any atom is -0.492 e. The molecule has 1 N–H and O–H groups in total. The first kappa shape index (κ1) is 18.4. The number of rotatable bonds is 9. The SMILES string of the molecule is CC(OCC1CCCO1)C(=O)Nc1cccc(OCCn2cccn2)c1. The molecule has 1 amide bonds. The largest absolute Gasteiger partial charge is 0.492 e. The van der Waals surface area contributed by atoms with Crippen molar-refractivity contribution < 1.29 is 19.0 Å². The summed E-state index contributed by atoms with van der Waals surface area (Å²) in [5.41, 5.74) is 0.680. The maximum Gasteiger partial charge on any atom is 0.253 e. The van der Waals surface area contributed by atoms with E-state index in [0.29, 0.717) is 31.2 Å². The van der Waals surface area contributed by atoms with Gasteiger partial charge in [-0.05, 0) is 38.0 Å². The van der Waals surface area contributed by atoms with E-state index in [9.17, 15) is 4.79 Å². The van der Waals surface area contributed by atoms with E-state index in [4.69, 9.17) is 14.2 Å². The van der Waals surface area contributed by atoms with Crippen LogP contribution in [0, 0.1) is 0 Å². The number of nitrogens with zero attached hydrogens (tertiary/aromatic N) is 2. The van der Waals surface area contributed by atoms with E-state index in [1.54, 1.807) is 23.9 Å². The Hall–Kier alpha value is -2.38. The van der Waals surface area contributed by atoms with Crippen LogP contribution in [-0.2, 0) is 20.8 Å². The minimum atomic E-state index is -0.538. The third-order valence-corrected chi connectivity index (χ3v) is 4.18. The van der Waals surface area contributed by atoms with Gasteiger partial charge in [0, 0.05) is 30.8 Å². The standard InChI is InChI=1S/C19H25N3O4/c1-15(26-14-18-7-3-11-24-18)19(23)21-16-5-2-6-17(13-16)25-12-10-22-9-4-8-20-22/h2,4-6,8-9,13,15,18H,3,7,10-12,14H2,1H3,(H,21,23). The molecular weight excluding hydrogens is 334 g/mol. The van der Waals surface area contributed by atoms with Gasteiger partial charge < -0.3 is 19.5 Å². The third-order valence-electron chi connectivity index (χ3n) is 4.18. The van der Waals surface area contributed by atoms with E-state index < -0.39 is 6.10 Å². The fraction of sp³-hybridized carbons (Fsp3) is 0.474. The summed E-state index contributed by atoms with van der Waals surface area (Å²) in [5.74, 6) is 0.513. The van der Waals surface area contributed by atoms with Crippen LogP contribution in [0.4, 0.5) is 5.69 Å². The van der Waals surface area contributed by atoms with Gasteiger partial charge in [-0.25, -0.2) is 0 Å². The van der Waals surface area contributed by atoms with Crippen molar-refractivity contribution in [1.29, 1.82) is 0 Å². The lowest BCUT2D eigenvalue weighted by atomic mass is 10.2. The first-order valence-corrected chi connectivity index (χ1v) is 8.95. The van der Waals surface area contributed by atoms with Crippen LogP contribution in [0.25, 0.3) is 0 Å². The number of amides is 1. The summed E-state index contributed by atoms with van der Waals surface area (Å²) in [6.07, 6.45) is 5.24. The highest BCUT2D eigenvalue weighted by Gasteiger charge is 2.20. The molecule has 1 aliphatic heterocycles. The van der Waals surface area contributed by atoms with Gasteiger partial charge in [0.25, 0.3) is 5.91 Å². The van der Waals surface area contributed by atoms with Crippen LogP contribution < -0.4 is 10.1 Å². The monoisotopic (exact) mass is 359 g/mol.